The van der Waals surface area contributed by atoms with Gasteiger partial charge in [-0.05, 0) is 25.1 Å². The molecule has 0 fully saturated rings. The molecule has 3 rings (SSSR count). The maximum absolute atomic E-state index is 12.1. The summed E-state index contributed by atoms with van der Waals surface area (Å²) in [4.78, 5) is 16.3. The molecule has 0 saturated carbocycles. The van der Waals surface area contributed by atoms with E-state index in [9.17, 15) is 4.79 Å². The van der Waals surface area contributed by atoms with E-state index in [0.29, 0.717) is 42.9 Å². The summed E-state index contributed by atoms with van der Waals surface area (Å²) in [5.74, 6) is 2.40. The van der Waals surface area contributed by atoms with E-state index in [-0.39, 0.29) is 6.03 Å². The summed E-state index contributed by atoms with van der Waals surface area (Å²) in [6, 6.07) is 8.84. The number of benzene rings is 1. The first-order valence-corrected chi connectivity index (χ1v) is 9.05. The van der Waals surface area contributed by atoms with Crippen LogP contribution >= 0.6 is 0 Å². The van der Waals surface area contributed by atoms with Crippen molar-refractivity contribution in [3.63, 3.8) is 0 Å². The Morgan fingerprint density at radius 1 is 1.14 bits per heavy atom. The molecule has 0 bridgehead atoms. The number of amides is 1. The van der Waals surface area contributed by atoms with Crippen LogP contribution in [0.3, 0.4) is 0 Å². The first-order valence-electron chi connectivity index (χ1n) is 9.05. The smallest absolute Gasteiger partial charge is 0.325 e. The normalized spacial score (nSPS) is 10.7. The van der Waals surface area contributed by atoms with Crippen LogP contribution in [0.5, 0.6) is 17.2 Å². The lowest BCUT2D eigenvalue weighted by Crippen LogP contribution is -2.23. The highest BCUT2D eigenvalue weighted by molar-refractivity contribution is 5.93. The molecule has 0 aliphatic rings. The van der Waals surface area contributed by atoms with Crippen molar-refractivity contribution in [3.05, 3.63) is 42.7 Å². The van der Waals surface area contributed by atoms with Crippen molar-refractivity contribution in [2.24, 2.45) is 0 Å². The van der Waals surface area contributed by atoms with Gasteiger partial charge in [0.25, 0.3) is 0 Å². The van der Waals surface area contributed by atoms with Gasteiger partial charge in [0.1, 0.15) is 18.2 Å². The fourth-order valence-corrected chi connectivity index (χ4v) is 2.73. The molecule has 148 valence electrons. The Bertz CT molecular complexity index is 955. The van der Waals surface area contributed by atoms with Gasteiger partial charge in [-0.15, -0.1) is 0 Å². The van der Waals surface area contributed by atoms with Gasteiger partial charge in [0.2, 0.25) is 0 Å². The van der Waals surface area contributed by atoms with Gasteiger partial charge in [0.15, 0.2) is 11.5 Å². The Morgan fingerprint density at radius 3 is 2.75 bits per heavy atom. The molecule has 3 aromatic rings. The monoisotopic (exact) mass is 384 g/mol. The molecule has 0 aliphatic heterocycles. The summed E-state index contributed by atoms with van der Waals surface area (Å²) < 4.78 is 18.8. The second kappa shape index (κ2) is 9.09. The lowest BCUT2D eigenvalue weighted by molar-refractivity contribution is 0.109. The van der Waals surface area contributed by atoms with E-state index in [1.165, 1.54) is 4.57 Å². The highest BCUT2D eigenvalue weighted by Gasteiger charge is 2.14. The number of hydrogen-bond acceptors (Lipinski definition) is 6. The van der Waals surface area contributed by atoms with Crippen molar-refractivity contribution in [2.75, 3.05) is 39.2 Å². The third-order valence-corrected chi connectivity index (χ3v) is 4.09. The van der Waals surface area contributed by atoms with E-state index in [1.807, 2.05) is 19.1 Å². The second-order valence-corrected chi connectivity index (χ2v) is 5.87. The minimum atomic E-state index is -0.225. The summed E-state index contributed by atoms with van der Waals surface area (Å²) in [5.41, 5.74) is 0.726. The molecule has 0 saturated heterocycles. The summed E-state index contributed by atoms with van der Waals surface area (Å²) in [5, 5.41) is 6.47. The van der Waals surface area contributed by atoms with Gasteiger partial charge in [0.05, 0.1) is 12.1 Å². The Balaban J connectivity index is 1.96. The number of pyridine rings is 1. The molecule has 0 aliphatic carbocycles. The van der Waals surface area contributed by atoms with Crippen LogP contribution in [0.15, 0.2) is 42.7 Å². The zero-order chi connectivity index (χ0) is 19.9. The Kier molecular flexibility index (Phi) is 6.33. The SMILES string of the molecule is CCOCCOc1cc2c(ccn2C(=O)NC)cc1Oc1ccnc(NC)c1. The number of carbonyl (C=O) groups is 1. The van der Waals surface area contributed by atoms with Gasteiger partial charge in [-0.1, -0.05) is 0 Å². The third kappa shape index (κ3) is 4.34. The predicted molar refractivity (Wildman–Crippen MR) is 108 cm³/mol. The highest BCUT2D eigenvalue weighted by Crippen LogP contribution is 2.36. The van der Waals surface area contributed by atoms with Crippen LogP contribution in [0.1, 0.15) is 6.92 Å². The molecule has 28 heavy (non-hydrogen) atoms. The predicted octanol–water partition coefficient (Wildman–Crippen LogP) is 3.47. The van der Waals surface area contributed by atoms with Gasteiger partial charge in [-0.3, -0.25) is 4.57 Å². The summed E-state index contributed by atoms with van der Waals surface area (Å²) in [7, 11) is 3.38. The fraction of sp³-hybridized carbons (Fsp3) is 0.300. The molecule has 1 aromatic carbocycles. The van der Waals surface area contributed by atoms with Crippen LogP contribution in [0, 0.1) is 0 Å². The molecule has 0 atom stereocenters. The van der Waals surface area contributed by atoms with Gasteiger partial charge in [-0.25, -0.2) is 9.78 Å². The molecule has 0 unspecified atom stereocenters. The number of carbonyl (C=O) groups excluding carboxylic acids is 1. The molecular weight excluding hydrogens is 360 g/mol. The molecular formula is C20H24N4O4. The molecule has 2 heterocycles. The van der Waals surface area contributed by atoms with Crippen LogP contribution in [0.25, 0.3) is 10.9 Å². The number of rotatable bonds is 8. The van der Waals surface area contributed by atoms with E-state index in [1.54, 1.807) is 44.7 Å². The standard InChI is InChI=1S/C20H24N4O4/c1-4-26-9-10-27-17-13-16-14(6-8-24(16)20(25)22-3)11-18(17)28-15-5-7-23-19(12-15)21-2/h5-8,11-13H,4,9-10H2,1-3H3,(H,21,23)(H,22,25). The van der Waals surface area contributed by atoms with Gasteiger partial charge >= 0.3 is 6.03 Å². The van der Waals surface area contributed by atoms with E-state index in [4.69, 9.17) is 14.2 Å². The molecule has 8 heteroatoms. The van der Waals surface area contributed by atoms with Crippen LogP contribution in [-0.4, -0.2) is 49.5 Å². The van der Waals surface area contributed by atoms with Gasteiger partial charge in [-0.2, -0.15) is 0 Å². The van der Waals surface area contributed by atoms with E-state index < -0.39 is 0 Å². The molecule has 0 spiro atoms. The first-order chi connectivity index (χ1) is 13.7. The maximum Gasteiger partial charge on any atom is 0.325 e. The summed E-state index contributed by atoms with van der Waals surface area (Å²) >= 11 is 0. The van der Waals surface area contributed by atoms with Crippen molar-refractivity contribution < 1.29 is 19.0 Å². The minimum Gasteiger partial charge on any atom is -0.487 e. The lowest BCUT2D eigenvalue weighted by atomic mass is 10.2. The molecule has 0 radical (unpaired) electrons. The van der Waals surface area contributed by atoms with E-state index in [2.05, 4.69) is 15.6 Å². The van der Waals surface area contributed by atoms with Crippen LogP contribution in [0.4, 0.5) is 10.6 Å². The van der Waals surface area contributed by atoms with Crippen molar-refractivity contribution in [3.8, 4) is 17.2 Å². The molecule has 1 amide bonds. The topological polar surface area (TPSA) is 86.6 Å². The number of fused-ring (bicyclic) bond motifs is 1. The Hall–Kier alpha value is -3.26. The third-order valence-electron chi connectivity index (χ3n) is 4.09. The average molecular weight is 384 g/mol. The van der Waals surface area contributed by atoms with E-state index >= 15 is 0 Å². The average Bonchev–Trinajstić information content (AvgIpc) is 3.13. The van der Waals surface area contributed by atoms with Crippen LogP contribution in [-0.2, 0) is 4.74 Å². The van der Waals surface area contributed by atoms with Crippen molar-refractivity contribution >= 4 is 22.8 Å². The number of nitrogens with zero attached hydrogens (tertiary/aromatic N) is 2. The minimum absolute atomic E-state index is 0.225. The Morgan fingerprint density at radius 2 is 2.00 bits per heavy atom. The number of nitrogens with one attached hydrogen (secondary N) is 2. The fourth-order valence-electron chi connectivity index (χ4n) is 2.73. The van der Waals surface area contributed by atoms with E-state index in [0.717, 1.165) is 10.9 Å². The zero-order valence-corrected chi connectivity index (χ0v) is 16.2. The summed E-state index contributed by atoms with van der Waals surface area (Å²) in [6.07, 6.45) is 3.38. The lowest BCUT2D eigenvalue weighted by Gasteiger charge is -2.14. The van der Waals surface area contributed by atoms with Gasteiger partial charge < -0.3 is 24.8 Å². The van der Waals surface area contributed by atoms with Crippen molar-refractivity contribution in [2.45, 2.75) is 6.92 Å². The molecule has 2 N–H and O–H groups in total. The van der Waals surface area contributed by atoms with Gasteiger partial charge in [0, 0.05) is 50.6 Å². The maximum atomic E-state index is 12.1. The largest absolute Gasteiger partial charge is 0.487 e. The van der Waals surface area contributed by atoms with Crippen LogP contribution < -0.4 is 20.1 Å². The first kappa shape index (κ1) is 19.5. The molecule has 2 aromatic heterocycles. The zero-order valence-electron chi connectivity index (χ0n) is 16.2. The number of ether oxygens (including phenoxy) is 3. The molecule has 8 nitrogen and oxygen atoms in total. The number of hydrogen-bond donors (Lipinski definition) is 2. The Labute approximate surface area is 163 Å². The van der Waals surface area contributed by atoms with Crippen molar-refractivity contribution in [1.29, 1.82) is 0 Å². The van der Waals surface area contributed by atoms with Crippen molar-refractivity contribution in [1.82, 2.24) is 14.9 Å². The number of aromatic nitrogens is 2. The second-order valence-electron chi connectivity index (χ2n) is 5.87. The quantitative estimate of drug-likeness (QED) is 0.578. The number of anilines is 1. The highest BCUT2D eigenvalue weighted by atomic mass is 16.5. The summed E-state index contributed by atoms with van der Waals surface area (Å²) in [6.45, 7) is 3.38. The van der Waals surface area contributed by atoms with Crippen LogP contribution in [0.2, 0.25) is 0 Å².